The van der Waals surface area contributed by atoms with E-state index in [1.54, 1.807) is 0 Å². The van der Waals surface area contributed by atoms with Crippen molar-refractivity contribution in [1.29, 1.82) is 0 Å². The van der Waals surface area contributed by atoms with Crippen LogP contribution in [0.1, 0.15) is 37.4 Å². The van der Waals surface area contributed by atoms with Crippen LogP contribution >= 0.6 is 11.8 Å². The number of nitrogens with one attached hydrogen (secondary N) is 3. The van der Waals surface area contributed by atoms with Gasteiger partial charge in [0.25, 0.3) is 0 Å². The van der Waals surface area contributed by atoms with E-state index in [0.29, 0.717) is 6.04 Å². The molecule has 0 saturated heterocycles. The third-order valence-electron chi connectivity index (χ3n) is 5.06. The highest BCUT2D eigenvalue weighted by Crippen LogP contribution is 2.28. The molecular formula is C20H30N4S. The van der Waals surface area contributed by atoms with E-state index in [1.165, 1.54) is 41.4 Å². The van der Waals surface area contributed by atoms with Gasteiger partial charge in [-0.05, 0) is 57.4 Å². The lowest BCUT2D eigenvalue weighted by Gasteiger charge is -2.17. The van der Waals surface area contributed by atoms with Gasteiger partial charge in [0.05, 0.1) is 0 Å². The zero-order valence-electron chi connectivity index (χ0n) is 15.6. The highest BCUT2D eigenvalue weighted by molar-refractivity contribution is 7.99. The summed E-state index contributed by atoms with van der Waals surface area (Å²) in [6.07, 6.45) is 6.98. The number of guanidine groups is 1. The zero-order chi connectivity index (χ0) is 17.6. The minimum atomic E-state index is 0.560. The van der Waals surface area contributed by atoms with Crippen LogP contribution < -0.4 is 10.6 Å². The number of rotatable bonds is 6. The molecule has 0 bridgehead atoms. The molecule has 1 aromatic heterocycles. The fourth-order valence-electron chi connectivity index (χ4n) is 3.74. The number of aromatic amines is 1. The molecule has 0 aliphatic heterocycles. The molecule has 136 valence electrons. The van der Waals surface area contributed by atoms with Gasteiger partial charge in [-0.3, -0.25) is 4.99 Å². The molecule has 1 fully saturated rings. The summed E-state index contributed by atoms with van der Waals surface area (Å²) in [4.78, 5) is 8.30. The third kappa shape index (κ3) is 4.51. The number of nitrogens with zero attached hydrogens (tertiary/aromatic N) is 1. The van der Waals surface area contributed by atoms with E-state index in [0.717, 1.165) is 30.7 Å². The molecule has 1 heterocycles. The van der Waals surface area contributed by atoms with Gasteiger partial charge in [-0.1, -0.05) is 18.2 Å². The highest BCUT2D eigenvalue weighted by Gasteiger charge is 2.24. The Labute approximate surface area is 155 Å². The highest BCUT2D eigenvalue weighted by atomic mass is 32.2. The largest absolute Gasteiger partial charge is 0.358 e. The molecule has 1 aliphatic rings. The first-order valence-corrected chi connectivity index (χ1v) is 10.6. The molecule has 2 unspecified atom stereocenters. The van der Waals surface area contributed by atoms with Crippen LogP contribution in [0.25, 0.3) is 10.9 Å². The van der Waals surface area contributed by atoms with Crippen molar-refractivity contribution in [2.75, 3.05) is 19.3 Å². The van der Waals surface area contributed by atoms with Crippen LogP contribution in [-0.4, -0.2) is 41.6 Å². The SMILES string of the molecule is CCNC(=NCCc1c(C)[nH]c2ccccc12)NC1CCC(SC)C1. The number of H-pyrrole nitrogens is 1. The third-order valence-corrected chi connectivity index (χ3v) is 6.16. The number of aliphatic imine (C=N–C) groups is 1. The number of para-hydroxylation sites is 1. The summed E-state index contributed by atoms with van der Waals surface area (Å²) in [7, 11) is 0. The van der Waals surface area contributed by atoms with Gasteiger partial charge in [0, 0.05) is 41.0 Å². The van der Waals surface area contributed by atoms with Crippen molar-refractivity contribution in [3.8, 4) is 0 Å². The lowest BCUT2D eigenvalue weighted by Crippen LogP contribution is -2.42. The molecule has 2 atom stereocenters. The summed E-state index contributed by atoms with van der Waals surface area (Å²) in [5, 5.41) is 9.16. The fraction of sp³-hybridized carbons (Fsp3) is 0.550. The van der Waals surface area contributed by atoms with Crippen molar-refractivity contribution in [1.82, 2.24) is 15.6 Å². The van der Waals surface area contributed by atoms with Crippen LogP contribution in [0, 0.1) is 6.92 Å². The van der Waals surface area contributed by atoms with E-state index < -0.39 is 0 Å². The van der Waals surface area contributed by atoms with Gasteiger partial charge in [-0.25, -0.2) is 0 Å². The second-order valence-electron chi connectivity index (χ2n) is 6.80. The van der Waals surface area contributed by atoms with Crippen LogP contribution in [0.2, 0.25) is 0 Å². The summed E-state index contributed by atoms with van der Waals surface area (Å²) >= 11 is 1.99. The van der Waals surface area contributed by atoms with Gasteiger partial charge in [-0.15, -0.1) is 0 Å². The number of hydrogen-bond donors (Lipinski definition) is 3. The van der Waals surface area contributed by atoms with Crippen LogP contribution in [0.3, 0.4) is 0 Å². The number of aromatic nitrogens is 1. The van der Waals surface area contributed by atoms with E-state index in [-0.39, 0.29) is 0 Å². The number of benzene rings is 1. The van der Waals surface area contributed by atoms with Gasteiger partial charge >= 0.3 is 0 Å². The van der Waals surface area contributed by atoms with Crippen molar-refractivity contribution in [3.63, 3.8) is 0 Å². The molecule has 4 nitrogen and oxygen atoms in total. The summed E-state index contributed by atoms with van der Waals surface area (Å²) in [6, 6.07) is 9.09. The van der Waals surface area contributed by atoms with Crippen molar-refractivity contribution < 1.29 is 0 Å². The molecule has 3 N–H and O–H groups in total. The molecule has 2 aromatic rings. The number of thioether (sulfide) groups is 1. The fourth-order valence-corrected chi connectivity index (χ4v) is 4.53. The Morgan fingerprint density at radius 2 is 2.16 bits per heavy atom. The van der Waals surface area contributed by atoms with Gasteiger partial charge in [-0.2, -0.15) is 11.8 Å². The Morgan fingerprint density at radius 3 is 2.92 bits per heavy atom. The minimum Gasteiger partial charge on any atom is -0.358 e. The second kappa shape index (κ2) is 8.65. The molecule has 1 saturated carbocycles. The normalized spacial score (nSPS) is 21.0. The molecule has 3 rings (SSSR count). The van der Waals surface area contributed by atoms with Crippen molar-refractivity contribution >= 4 is 28.6 Å². The standard InChI is InChI=1S/C20H30N4S/c1-4-21-20(24-15-9-10-16(13-15)25-3)22-12-11-17-14(2)23-19-8-6-5-7-18(17)19/h5-8,15-16,23H,4,9-13H2,1-3H3,(H2,21,22,24). The van der Waals surface area contributed by atoms with Crippen molar-refractivity contribution in [2.45, 2.75) is 50.8 Å². The summed E-state index contributed by atoms with van der Waals surface area (Å²) in [5.41, 5.74) is 3.87. The Bertz CT molecular complexity index is 722. The molecule has 1 aliphatic carbocycles. The monoisotopic (exact) mass is 358 g/mol. The average Bonchev–Trinajstić information content (AvgIpc) is 3.19. The lowest BCUT2D eigenvalue weighted by molar-refractivity contribution is 0.615. The minimum absolute atomic E-state index is 0.560. The molecular weight excluding hydrogens is 328 g/mol. The van der Waals surface area contributed by atoms with E-state index in [9.17, 15) is 0 Å². The average molecular weight is 359 g/mol. The quantitative estimate of drug-likeness (QED) is 0.543. The Morgan fingerprint density at radius 1 is 1.32 bits per heavy atom. The Balaban J connectivity index is 1.62. The topological polar surface area (TPSA) is 52.2 Å². The molecule has 1 aromatic carbocycles. The molecule has 5 heteroatoms. The van der Waals surface area contributed by atoms with Gasteiger partial charge < -0.3 is 15.6 Å². The first kappa shape index (κ1) is 18.2. The van der Waals surface area contributed by atoms with Crippen LogP contribution in [0.5, 0.6) is 0 Å². The number of hydrogen-bond acceptors (Lipinski definition) is 2. The first-order chi connectivity index (χ1) is 12.2. The van der Waals surface area contributed by atoms with E-state index in [2.05, 4.69) is 60.0 Å². The smallest absolute Gasteiger partial charge is 0.191 e. The molecule has 0 amide bonds. The summed E-state index contributed by atoms with van der Waals surface area (Å²) < 4.78 is 0. The Hall–Kier alpha value is -1.62. The Kier molecular flexibility index (Phi) is 6.29. The summed E-state index contributed by atoms with van der Waals surface area (Å²) in [5.74, 6) is 0.965. The second-order valence-corrected chi connectivity index (χ2v) is 7.93. The maximum absolute atomic E-state index is 4.82. The van der Waals surface area contributed by atoms with E-state index in [1.807, 2.05) is 11.8 Å². The van der Waals surface area contributed by atoms with E-state index >= 15 is 0 Å². The first-order valence-electron chi connectivity index (χ1n) is 9.35. The number of fused-ring (bicyclic) bond motifs is 1. The number of aryl methyl sites for hydroxylation is 1. The zero-order valence-corrected chi connectivity index (χ0v) is 16.4. The maximum atomic E-state index is 4.82. The van der Waals surface area contributed by atoms with Crippen LogP contribution in [0.15, 0.2) is 29.3 Å². The maximum Gasteiger partial charge on any atom is 0.191 e. The van der Waals surface area contributed by atoms with Gasteiger partial charge in [0.15, 0.2) is 5.96 Å². The van der Waals surface area contributed by atoms with Gasteiger partial charge in [0.2, 0.25) is 0 Å². The molecule has 25 heavy (non-hydrogen) atoms. The van der Waals surface area contributed by atoms with Crippen LogP contribution in [-0.2, 0) is 6.42 Å². The summed E-state index contributed by atoms with van der Waals surface area (Å²) in [6.45, 7) is 5.98. The van der Waals surface area contributed by atoms with E-state index in [4.69, 9.17) is 4.99 Å². The predicted octanol–water partition coefficient (Wildman–Crippen LogP) is 3.86. The molecule has 0 spiro atoms. The van der Waals surface area contributed by atoms with Gasteiger partial charge in [0.1, 0.15) is 0 Å². The van der Waals surface area contributed by atoms with Crippen molar-refractivity contribution in [3.05, 3.63) is 35.5 Å². The lowest BCUT2D eigenvalue weighted by atomic mass is 10.1. The predicted molar refractivity (Wildman–Crippen MR) is 111 cm³/mol. The van der Waals surface area contributed by atoms with Crippen LogP contribution in [0.4, 0.5) is 0 Å². The molecule has 0 radical (unpaired) electrons. The van der Waals surface area contributed by atoms with Crippen molar-refractivity contribution in [2.24, 2.45) is 4.99 Å².